The fraction of sp³-hybridized carbons (Fsp3) is 0.154. The van der Waals surface area contributed by atoms with E-state index in [1.807, 2.05) is 0 Å². The van der Waals surface area contributed by atoms with E-state index in [1.54, 1.807) is 36.5 Å². The molecule has 1 heterocycles. The van der Waals surface area contributed by atoms with Crippen molar-refractivity contribution in [1.82, 2.24) is 4.98 Å². The third-order valence-corrected chi connectivity index (χ3v) is 2.97. The number of hydrogen-bond acceptors (Lipinski definition) is 3. The van der Waals surface area contributed by atoms with Gasteiger partial charge in [-0.05, 0) is 34.1 Å². The quantitative estimate of drug-likeness (QED) is 0.809. The third-order valence-electron chi connectivity index (χ3n) is 2.37. The highest BCUT2D eigenvalue weighted by Gasteiger charge is 2.09. The zero-order valence-electron chi connectivity index (χ0n) is 9.69. The summed E-state index contributed by atoms with van der Waals surface area (Å²) in [4.78, 5) is 4.02. The molecule has 0 unspecified atom stereocenters. The Morgan fingerprint density at radius 2 is 2.00 bits per heavy atom. The van der Waals surface area contributed by atoms with Crippen LogP contribution in [0, 0.1) is 5.82 Å². The lowest BCUT2D eigenvalue weighted by atomic mass is 10.2. The lowest BCUT2D eigenvalue weighted by Gasteiger charge is -2.09. The van der Waals surface area contributed by atoms with E-state index in [4.69, 9.17) is 9.47 Å². The van der Waals surface area contributed by atoms with Crippen molar-refractivity contribution in [3.63, 3.8) is 0 Å². The predicted molar refractivity (Wildman–Crippen MR) is 69.2 cm³/mol. The molecule has 0 amide bonds. The number of halogens is 2. The number of methoxy groups -OCH3 is 1. The Hall–Kier alpha value is -1.62. The van der Waals surface area contributed by atoms with Crippen molar-refractivity contribution in [2.75, 3.05) is 7.11 Å². The molecule has 2 rings (SSSR count). The van der Waals surface area contributed by atoms with E-state index < -0.39 is 5.82 Å². The van der Waals surface area contributed by atoms with Gasteiger partial charge in [-0.1, -0.05) is 12.1 Å². The van der Waals surface area contributed by atoms with Crippen molar-refractivity contribution < 1.29 is 13.9 Å². The standard InChI is InChI=1S/C13H11BrFNO2/c1-17-10-5-2-4-9(12(10)15)8-18-11-6-3-7-16-13(11)14/h2-7H,8H2,1H3. The maximum Gasteiger partial charge on any atom is 0.171 e. The summed E-state index contributed by atoms with van der Waals surface area (Å²) in [5.74, 6) is 0.376. The Morgan fingerprint density at radius 3 is 2.72 bits per heavy atom. The first-order chi connectivity index (χ1) is 8.72. The van der Waals surface area contributed by atoms with Crippen LogP contribution in [0.15, 0.2) is 41.1 Å². The van der Waals surface area contributed by atoms with Crippen LogP contribution in [0.2, 0.25) is 0 Å². The van der Waals surface area contributed by atoms with Gasteiger partial charge in [0.15, 0.2) is 17.3 Å². The average Bonchev–Trinajstić information content (AvgIpc) is 2.39. The van der Waals surface area contributed by atoms with E-state index in [1.165, 1.54) is 7.11 Å². The van der Waals surface area contributed by atoms with Crippen LogP contribution in [-0.2, 0) is 6.61 Å². The molecular weight excluding hydrogens is 301 g/mol. The molecule has 1 aromatic carbocycles. The molecule has 0 saturated heterocycles. The molecule has 0 N–H and O–H groups in total. The zero-order valence-corrected chi connectivity index (χ0v) is 11.3. The second-order valence-electron chi connectivity index (χ2n) is 3.51. The number of aromatic nitrogens is 1. The van der Waals surface area contributed by atoms with Crippen LogP contribution in [0.1, 0.15) is 5.56 Å². The highest BCUT2D eigenvalue weighted by atomic mass is 79.9. The molecular formula is C13H11BrFNO2. The number of benzene rings is 1. The first-order valence-corrected chi connectivity index (χ1v) is 6.06. The van der Waals surface area contributed by atoms with Crippen molar-refractivity contribution in [3.05, 3.63) is 52.5 Å². The Morgan fingerprint density at radius 1 is 1.22 bits per heavy atom. The van der Waals surface area contributed by atoms with Gasteiger partial charge in [-0.15, -0.1) is 0 Å². The van der Waals surface area contributed by atoms with Gasteiger partial charge in [0.05, 0.1) is 7.11 Å². The smallest absolute Gasteiger partial charge is 0.171 e. The van der Waals surface area contributed by atoms with Gasteiger partial charge in [0.1, 0.15) is 11.2 Å². The van der Waals surface area contributed by atoms with E-state index in [0.717, 1.165) is 0 Å². The number of pyridine rings is 1. The van der Waals surface area contributed by atoms with Crippen LogP contribution in [0.3, 0.4) is 0 Å². The lowest BCUT2D eigenvalue weighted by molar-refractivity contribution is 0.292. The fourth-order valence-corrected chi connectivity index (χ4v) is 1.82. The normalized spacial score (nSPS) is 10.2. The summed E-state index contributed by atoms with van der Waals surface area (Å²) < 4.78 is 24.8. The fourth-order valence-electron chi connectivity index (χ4n) is 1.46. The topological polar surface area (TPSA) is 31.4 Å². The monoisotopic (exact) mass is 311 g/mol. The van der Waals surface area contributed by atoms with Gasteiger partial charge in [-0.25, -0.2) is 9.37 Å². The van der Waals surface area contributed by atoms with Gasteiger partial charge in [0, 0.05) is 11.8 Å². The predicted octanol–water partition coefficient (Wildman–Crippen LogP) is 3.57. The SMILES string of the molecule is COc1cccc(COc2cccnc2Br)c1F. The second-order valence-corrected chi connectivity index (χ2v) is 4.27. The molecule has 0 bridgehead atoms. The summed E-state index contributed by atoms with van der Waals surface area (Å²) in [6, 6.07) is 8.46. The third kappa shape index (κ3) is 2.79. The molecule has 0 aliphatic rings. The van der Waals surface area contributed by atoms with Gasteiger partial charge < -0.3 is 9.47 Å². The van der Waals surface area contributed by atoms with Crippen LogP contribution in [-0.4, -0.2) is 12.1 Å². The zero-order chi connectivity index (χ0) is 13.0. The number of hydrogen-bond donors (Lipinski definition) is 0. The minimum absolute atomic E-state index is 0.118. The van der Waals surface area contributed by atoms with E-state index in [2.05, 4.69) is 20.9 Å². The number of ether oxygens (including phenoxy) is 2. The molecule has 5 heteroatoms. The Balaban J connectivity index is 2.14. The molecule has 0 radical (unpaired) electrons. The van der Waals surface area contributed by atoms with Gasteiger partial charge in [0.2, 0.25) is 0 Å². The van der Waals surface area contributed by atoms with Gasteiger partial charge in [-0.2, -0.15) is 0 Å². The molecule has 0 saturated carbocycles. The van der Waals surface area contributed by atoms with Crippen LogP contribution in [0.5, 0.6) is 11.5 Å². The molecule has 0 spiro atoms. The van der Waals surface area contributed by atoms with Crippen LogP contribution in [0.25, 0.3) is 0 Å². The van der Waals surface area contributed by atoms with Crippen molar-refractivity contribution in [2.45, 2.75) is 6.61 Å². The van der Waals surface area contributed by atoms with E-state index >= 15 is 0 Å². The van der Waals surface area contributed by atoms with E-state index in [0.29, 0.717) is 15.9 Å². The molecule has 0 fully saturated rings. The maximum atomic E-state index is 13.8. The Labute approximate surface area is 113 Å². The lowest BCUT2D eigenvalue weighted by Crippen LogP contribution is -2.01. The Bertz CT molecular complexity index is 548. The summed E-state index contributed by atoms with van der Waals surface area (Å²) in [5, 5.41) is 0. The molecule has 2 aromatic rings. The summed E-state index contributed by atoms with van der Waals surface area (Å²) in [5.41, 5.74) is 0.435. The molecule has 18 heavy (non-hydrogen) atoms. The average molecular weight is 312 g/mol. The summed E-state index contributed by atoms with van der Waals surface area (Å²) in [6.07, 6.45) is 1.64. The van der Waals surface area contributed by atoms with Gasteiger partial charge in [0.25, 0.3) is 0 Å². The van der Waals surface area contributed by atoms with Crippen molar-refractivity contribution in [1.29, 1.82) is 0 Å². The molecule has 1 aromatic heterocycles. The first-order valence-electron chi connectivity index (χ1n) is 5.27. The van der Waals surface area contributed by atoms with Crippen LogP contribution >= 0.6 is 15.9 Å². The highest BCUT2D eigenvalue weighted by molar-refractivity contribution is 9.10. The minimum atomic E-state index is -0.403. The minimum Gasteiger partial charge on any atom is -0.494 e. The largest absolute Gasteiger partial charge is 0.494 e. The van der Waals surface area contributed by atoms with Crippen molar-refractivity contribution in [3.8, 4) is 11.5 Å². The van der Waals surface area contributed by atoms with Crippen molar-refractivity contribution >= 4 is 15.9 Å². The molecule has 0 aliphatic carbocycles. The summed E-state index contributed by atoms with van der Waals surface area (Å²) in [6.45, 7) is 0.118. The molecule has 94 valence electrons. The van der Waals surface area contributed by atoms with E-state index in [-0.39, 0.29) is 12.4 Å². The summed E-state index contributed by atoms with van der Waals surface area (Å²) in [7, 11) is 1.43. The van der Waals surface area contributed by atoms with E-state index in [9.17, 15) is 4.39 Å². The Kier molecular flexibility index (Phi) is 4.15. The maximum absolute atomic E-state index is 13.8. The second kappa shape index (κ2) is 5.82. The molecule has 0 aliphatic heterocycles. The molecule has 3 nitrogen and oxygen atoms in total. The van der Waals surface area contributed by atoms with Crippen molar-refractivity contribution in [2.24, 2.45) is 0 Å². The van der Waals surface area contributed by atoms with Gasteiger partial charge in [-0.3, -0.25) is 0 Å². The van der Waals surface area contributed by atoms with Crippen LogP contribution in [0.4, 0.5) is 4.39 Å². The summed E-state index contributed by atoms with van der Waals surface area (Å²) >= 11 is 3.26. The number of nitrogens with zero attached hydrogens (tertiary/aromatic N) is 1. The van der Waals surface area contributed by atoms with Crippen LogP contribution < -0.4 is 9.47 Å². The molecule has 0 atom stereocenters. The number of rotatable bonds is 4. The highest BCUT2D eigenvalue weighted by Crippen LogP contribution is 2.24. The van der Waals surface area contributed by atoms with Gasteiger partial charge >= 0.3 is 0 Å². The first kappa shape index (κ1) is 12.8.